The molecule has 2 N–H and O–H groups in total. The molecule has 0 aliphatic heterocycles. The lowest BCUT2D eigenvalue weighted by atomic mass is 9.99. The van der Waals surface area contributed by atoms with Crippen LogP contribution in [0.25, 0.3) is 11.1 Å². The van der Waals surface area contributed by atoms with Gasteiger partial charge in [0.15, 0.2) is 0 Å². The average Bonchev–Trinajstić information content (AvgIpc) is 2.70. The third kappa shape index (κ3) is 7.74. The van der Waals surface area contributed by atoms with Crippen LogP contribution in [-0.4, -0.2) is 24.3 Å². The van der Waals surface area contributed by atoms with Gasteiger partial charge in [-0.1, -0.05) is 70.0 Å². The fraction of sp³-hybridized carbons (Fsp3) is 0.500. The minimum Gasteiger partial charge on any atom is -0.444 e. The molecule has 4 heteroatoms. The van der Waals surface area contributed by atoms with E-state index in [2.05, 4.69) is 79.9 Å². The first-order valence-corrected chi connectivity index (χ1v) is 11.1. The van der Waals surface area contributed by atoms with Crippen molar-refractivity contribution in [1.29, 1.82) is 0 Å². The molecule has 2 rings (SSSR count). The lowest BCUT2D eigenvalue weighted by molar-refractivity contribution is 0.0491. The van der Waals surface area contributed by atoms with E-state index >= 15 is 0 Å². The summed E-state index contributed by atoms with van der Waals surface area (Å²) in [5, 5.41) is 6.49. The molecule has 0 heterocycles. The number of aryl methyl sites for hydroxylation is 1. The van der Waals surface area contributed by atoms with Crippen molar-refractivity contribution in [3.05, 3.63) is 54.1 Å². The molecule has 0 radical (unpaired) electrons. The molecule has 0 saturated carbocycles. The van der Waals surface area contributed by atoms with Crippen LogP contribution >= 0.6 is 0 Å². The summed E-state index contributed by atoms with van der Waals surface area (Å²) in [6.07, 6.45) is 2.91. The van der Waals surface area contributed by atoms with Crippen molar-refractivity contribution in [3.63, 3.8) is 0 Å². The van der Waals surface area contributed by atoms with E-state index in [0.717, 1.165) is 18.5 Å². The van der Waals surface area contributed by atoms with Gasteiger partial charge in [0.1, 0.15) is 5.60 Å². The molecular weight excluding hydrogens is 372 g/mol. The number of ether oxygens (including phenoxy) is 1. The van der Waals surface area contributed by atoms with Gasteiger partial charge in [-0.2, -0.15) is 0 Å². The molecule has 164 valence electrons. The highest BCUT2D eigenvalue weighted by atomic mass is 16.6. The van der Waals surface area contributed by atoms with Gasteiger partial charge in [-0.25, -0.2) is 4.79 Å². The maximum absolute atomic E-state index is 12.2. The van der Waals surface area contributed by atoms with E-state index in [9.17, 15) is 4.79 Å². The molecule has 0 bridgehead atoms. The molecule has 30 heavy (non-hydrogen) atoms. The van der Waals surface area contributed by atoms with Crippen molar-refractivity contribution in [1.82, 2.24) is 5.32 Å². The quantitative estimate of drug-likeness (QED) is 0.486. The van der Waals surface area contributed by atoms with Gasteiger partial charge >= 0.3 is 6.09 Å². The molecule has 0 saturated heterocycles. The summed E-state index contributed by atoms with van der Waals surface area (Å²) in [5.41, 5.74) is 4.36. The van der Waals surface area contributed by atoms with Gasteiger partial charge < -0.3 is 15.4 Å². The van der Waals surface area contributed by atoms with Gasteiger partial charge in [0.2, 0.25) is 0 Å². The number of carbonyl (C=O) groups is 1. The molecule has 2 aromatic carbocycles. The fourth-order valence-electron chi connectivity index (χ4n) is 3.30. The number of amides is 1. The van der Waals surface area contributed by atoms with Crippen LogP contribution in [0.4, 0.5) is 10.5 Å². The predicted molar refractivity (Wildman–Crippen MR) is 127 cm³/mol. The summed E-state index contributed by atoms with van der Waals surface area (Å²) in [7, 11) is 0. The van der Waals surface area contributed by atoms with Crippen LogP contribution in [-0.2, 0) is 11.2 Å². The topological polar surface area (TPSA) is 50.4 Å². The third-order valence-corrected chi connectivity index (χ3v) is 5.27. The van der Waals surface area contributed by atoms with Crippen LogP contribution < -0.4 is 10.6 Å². The summed E-state index contributed by atoms with van der Waals surface area (Å²) in [6.45, 7) is 12.8. The Bertz CT molecular complexity index is 776. The summed E-state index contributed by atoms with van der Waals surface area (Å²) < 4.78 is 5.43. The number of benzene rings is 2. The molecule has 0 aromatic heterocycles. The largest absolute Gasteiger partial charge is 0.444 e. The molecule has 4 nitrogen and oxygen atoms in total. The maximum Gasteiger partial charge on any atom is 0.407 e. The lowest BCUT2D eigenvalue weighted by Crippen LogP contribution is -2.45. The Balaban J connectivity index is 1.97. The van der Waals surface area contributed by atoms with E-state index in [1.165, 1.54) is 23.1 Å². The zero-order valence-electron chi connectivity index (χ0n) is 19.4. The highest BCUT2D eigenvalue weighted by Crippen LogP contribution is 2.22. The van der Waals surface area contributed by atoms with E-state index < -0.39 is 5.60 Å². The van der Waals surface area contributed by atoms with Gasteiger partial charge in [0, 0.05) is 12.2 Å². The Hall–Kier alpha value is -2.49. The Kier molecular flexibility index (Phi) is 8.76. The Morgan fingerprint density at radius 1 is 0.967 bits per heavy atom. The van der Waals surface area contributed by atoms with E-state index in [-0.39, 0.29) is 12.1 Å². The molecule has 0 unspecified atom stereocenters. The number of anilines is 1. The van der Waals surface area contributed by atoms with Crippen molar-refractivity contribution >= 4 is 11.8 Å². The fourth-order valence-corrected chi connectivity index (χ4v) is 3.30. The van der Waals surface area contributed by atoms with Crippen LogP contribution in [0.5, 0.6) is 0 Å². The molecule has 0 aliphatic rings. The SMILES string of the molecule is CCCc1ccc(-c2ccc(NC[C@@H](NC(=O)OC(C)(C)C)[C@@H](C)CC)cc2)cc1. The number of hydrogen-bond donors (Lipinski definition) is 2. The average molecular weight is 411 g/mol. The number of rotatable bonds is 9. The van der Waals surface area contributed by atoms with Gasteiger partial charge in [-0.05, 0) is 61.9 Å². The molecule has 0 aliphatic carbocycles. The first-order valence-electron chi connectivity index (χ1n) is 11.1. The van der Waals surface area contributed by atoms with Crippen LogP contribution in [0.2, 0.25) is 0 Å². The normalized spacial score (nSPS) is 13.4. The molecule has 0 fully saturated rings. The van der Waals surface area contributed by atoms with E-state index in [1.54, 1.807) is 0 Å². The second-order valence-electron chi connectivity index (χ2n) is 9.04. The second kappa shape index (κ2) is 11.1. The Morgan fingerprint density at radius 3 is 2.03 bits per heavy atom. The Labute approximate surface area is 182 Å². The molecule has 1 amide bonds. The number of alkyl carbamates (subject to hydrolysis) is 1. The van der Waals surface area contributed by atoms with Crippen LogP contribution in [0.1, 0.15) is 59.9 Å². The maximum atomic E-state index is 12.2. The molecular formula is C26H38N2O2. The highest BCUT2D eigenvalue weighted by molar-refractivity contribution is 5.68. The lowest BCUT2D eigenvalue weighted by Gasteiger charge is -2.27. The van der Waals surface area contributed by atoms with E-state index in [1.807, 2.05) is 20.8 Å². The smallest absolute Gasteiger partial charge is 0.407 e. The zero-order chi connectivity index (χ0) is 22.1. The van der Waals surface area contributed by atoms with Gasteiger partial charge in [0.25, 0.3) is 0 Å². The number of carbonyl (C=O) groups excluding carboxylic acids is 1. The summed E-state index contributed by atoms with van der Waals surface area (Å²) in [6, 6.07) is 17.3. The predicted octanol–water partition coefficient (Wildman–Crippen LogP) is 6.66. The Morgan fingerprint density at radius 2 is 1.53 bits per heavy atom. The molecule has 2 atom stereocenters. The first kappa shape index (κ1) is 23.8. The van der Waals surface area contributed by atoms with Crippen molar-refractivity contribution in [2.45, 2.75) is 72.4 Å². The van der Waals surface area contributed by atoms with Gasteiger partial charge in [-0.15, -0.1) is 0 Å². The van der Waals surface area contributed by atoms with Crippen molar-refractivity contribution in [3.8, 4) is 11.1 Å². The first-order chi connectivity index (χ1) is 14.2. The van der Waals surface area contributed by atoms with Crippen LogP contribution in [0.15, 0.2) is 48.5 Å². The minimum atomic E-state index is -0.498. The van der Waals surface area contributed by atoms with Gasteiger partial charge in [-0.3, -0.25) is 0 Å². The van der Waals surface area contributed by atoms with E-state index in [0.29, 0.717) is 12.5 Å². The minimum absolute atomic E-state index is 0.00404. The van der Waals surface area contributed by atoms with Crippen molar-refractivity contribution < 1.29 is 9.53 Å². The second-order valence-corrected chi connectivity index (χ2v) is 9.04. The van der Waals surface area contributed by atoms with Crippen molar-refractivity contribution in [2.24, 2.45) is 5.92 Å². The summed E-state index contributed by atoms with van der Waals surface area (Å²) in [5.74, 6) is 0.339. The number of nitrogens with one attached hydrogen (secondary N) is 2. The number of hydrogen-bond acceptors (Lipinski definition) is 3. The monoisotopic (exact) mass is 410 g/mol. The third-order valence-electron chi connectivity index (χ3n) is 5.27. The zero-order valence-corrected chi connectivity index (χ0v) is 19.4. The standard InChI is InChI=1S/C26H38N2O2/c1-7-9-20-10-12-21(13-11-20)22-14-16-23(17-15-22)27-18-24(19(3)8-2)28-25(29)30-26(4,5)6/h10-17,19,24,27H,7-9,18H2,1-6H3,(H,28,29)/t19-,24+/m0/s1. The molecule has 0 spiro atoms. The van der Waals surface area contributed by atoms with Gasteiger partial charge in [0.05, 0.1) is 6.04 Å². The highest BCUT2D eigenvalue weighted by Gasteiger charge is 2.22. The van der Waals surface area contributed by atoms with E-state index in [4.69, 9.17) is 4.74 Å². The molecule has 2 aromatic rings. The summed E-state index contributed by atoms with van der Waals surface area (Å²) >= 11 is 0. The van der Waals surface area contributed by atoms with Crippen LogP contribution in [0, 0.1) is 5.92 Å². The summed E-state index contributed by atoms with van der Waals surface area (Å²) in [4.78, 5) is 12.2. The van der Waals surface area contributed by atoms with Crippen LogP contribution in [0.3, 0.4) is 0 Å². The van der Waals surface area contributed by atoms with Crippen molar-refractivity contribution in [2.75, 3.05) is 11.9 Å².